The van der Waals surface area contributed by atoms with E-state index in [2.05, 4.69) is 9.69 Å². The maximum Gasteiger partial charge on any atom is 0.142 e. The van der Waals surface area contributed by atoms with Crippen molar-refractivity contribution in [2.45, 2.75) is 26.4 Å². The summed E-state index contributed by atoms with van der Waals surface area (Å²) in [4.78, 5) is 0. The van der Waals surface area contributed by atoms with Gasteiger partial charge in [0.05, 0.1) is 5.60 Å². The van der Waals surface area contributed by atoms with E-state index in [4.69, 9.17) is 5.73 Å². The van der Waals surface area contributed by atoms with Crippen LogP contribution in [-0.2, 0) is 0 Å². The van der Waals surface area contributed by atoms with E-state index in [0.29, 0.717) is 12.4 Å². The van der Waals surface area contributed by atoms with Gasteiger partial charge in [-0.1, -0.05) is 0 Å². The quantitative estimate of drug-likeness (QED) is 0.687. The highest BCUT2D eigenvalue weighted by Gasteiger charge is 2.14. The SMILES string of the molecule is Cc1c(N)nsc1NCC(C)(C)O. The minimum Gasteiger partial charge on any atom is -0.389 e. The highest BCUT2D eigenvalue weighted by Crippen LogP contribution is 2.25. The van der Waals surface area contributed by atoms with Crippen LogP contribution >= 0.6 is 11.5 Å². The molecule has 1 rings (SSSR count). The molecule has 0 unspecified atom stereocenters. The molecular formula is C8H15N3OS. The lowest BCUT2D eigenvalue weighted by Crippen LogP contribution is -2.29. The first kappa shape index (κ1) is 10.3. The molecule has 74 valence electrons. The monoisotopic (exact) mass is 201 g/mol. The fraction of sp³-hybridized carbons (Fsp3) is 0.625. The first-order valence-corrected chi connectivity index (χ1v) is 4.85. The van der Waals surface area contributed by atoms with Gasteiger partial charge in [0, 0.05) is 12.1 Å². The Bertz CT molecular complexity index is 290. The van der Waals surface area contributed by atoms with Crippen LogP contribution in [-0.4, -0.2) is 21.6 Å². The van der Waals surface area contributed by atoms with E-state index in [1.165, 1.54) is 11.5 Å². The molecular weight excluding hydrogens is 186 g/mol. The molecule has 0 aliphatic rings. The Morgan fingerprint density at radius 1 is 1.62 bits per heavy atom. The van der Waals surface area contributed by atoms with Gasteiger partial charge in [-0.05, 0) is 32.3 Å². The van der Waals surface area contributed by atoms with Crippen LogP contribution in [0.15, 0.2) is 0 Å². The van der Waals surface area contributed by atoms with Gasteiger partial charge in [0.25, 0.3) is 0 Å². The molecule has 5 heteroatoms. The van der Waals surface area contributed by atoms with Crippen LogP contribution in [0.1, 0.15) is 19.4 Å². The largest absolute Gasteiger partial charge is 0.389 e. The van der Waals surface area contributed by atoms with Gasteiger partial charge in [-0.2, -0.15) is 4.37 Å². The first-order valence-electron chi connectivity index (χ1n) is 4.08. The zero-order chi connectivity index (χ0) is 10.1. The van der Waals surface area contributed by atoms with Gasteiger partial charge in [-0.15, -0.1) is 0 Å². The van der Waals surface area contributed by atoms with E-state index in [-0.39, 0.29) is 0 Å². The molecule has 0 bridgehead atoms. The second kappa shape index (κ2) is 3.51. The van der Waals surface area contributed by atoms with Crippen molar-refractivity contribution in [3.05, 3.63) is 5.56 Å². The molecule has 4 nitrogen and oxygen atoms in total. The second-order valence-electron chi connectivity index (χ2n) is 3.69. The zero-order valence-corrected chi connectivity index (χ0v) is 8.90. The average Bonchev–Trinajstić information content (AvgIpc) is 2.29. The minimum atomic E-state index is -0.717. The molecule has 0 saturated carbocycles. The van der Waals surface area contributed by atoms with Crippen LogP contribution in [0.3, 0.4) is 0 Å². The molecule has 1 heterocycles. The molecule has 0 amide bonds. The summed E-state index contributed by atoms with van der Waals surface area (Å²) < 4.78 is 3.99. The normalized spacial score (nSPS) is 11.7. The van der Waals surface area contributed by atoms with Gasteiger partial charge < -0.3 is 16.2 Å². The fourth-order valence-corrected chi connectivity index (χ4v) is 1.51. The molecule has 0 aliphatic heterocycles. The standard InChI is InChI=1S/C8H15N3OS/c1-5-6(9)11-13-7(5)10-4-8(2,3)12/h10,12H,4H2,1-3H3,(H2,9,11). The summed E-state index contributed by atoms with van der Waals surface area (Å²) in [7, 11) is 0. The van der Waals surface area contributed by atoms with Gasteiger partial charge >= 0.3 is 0 Å². The van der Waals surface area contributed by atoms with Gasteiger partial charge in [-0.3, -0.25) is 0 Å². The fourth-order valence-electron chi connectivity index (χ4n) is 0.810. The van der Waals surface area contributed by atoms with Crippen molar-refractivity contribution >= 4 is 22.4 Å². The third-order valence-corrected chi connectivity index (χ3v) is 2.56. The topological polar surface area (TPSA) is 71.2 Å². The second-order valence-corrected chi connectivity index (χ2v) is 4.46. The lowest BCUT2D eigenvalue weighted by molar-refractivity contribution is 0.0946. The molecule has 0 atom stereocenters. The number of aliphatic hydroxyl groups is 1. The Hall–Kier alpha value is -0.810. The molecule has 0 saturated heterocycles. The molecule has 1 aromatic rings. The predicted molar refractivity (Wildman–Crippen MR) is 56.1 cm³/mol. The number of nitrogens with one attached hydrogen (secondary N) is 1. The van der Waals surface area contributed by atoms with E-state index in [1.54, 1.807) is 13.8 Å². The van der Waals surface area contributed by atoms with Crippen LogP contribution in [0, 0.1) is 6.92 Å². The number of nitrogen functional groups attached to an aromatic ring is 1. The lowest BCUT2D eigenvalue weighted by atomic mass is 10.1. The van der Waals surface area contributed by atoms with Gasteiger partial charge in [0.2, 0.25) is 0 Å². The Labute approximate surface area is 81.9 Å². The Kier molecular flexibility index (Phi) is 2.77. The average molecular weight is 201 g/mol. The number of hydrogen-bond acceptors (Lipinski definition) is 5. The minimum absolute atomic E-state index is 0.496. The van der Waals surface area contributed by atoms with Crippen molar-refractivity contribution in [2.75, 3.05) is 17.6 Å². The number of anilines is 2. The van der Waals surface area contributed by atoms with Crippen LogP contribution in [0.5, 0.6) is 0 Å². The molecule has 4 N–H and O–H groups in total. The molecule has 0 spiro atoms. The summed E-state index contributed by atoms with van der Waals surface area (Å²) in [6.07, 6.45) is 0. The van der Waals surface area contributed by atoms with E-state index in [9.17, 15) is 5.11 Å². The molecule has 1 aromatic heterocycles. The van der Waals surface area contributed by atoms with Gasteiger partial charge in [-0.25, -0.2) is 0 Å². The number of nitrogens with two attached hydrogens (primary N) is 1. The Morgan fingerprint density at radius 3 is 2.62 bits per heavy atom. The van der Waals surface area contributed by atoms with Crippen LogP contribution < -0.4 is 11.1 Å². The summed E-state index contributed by atoms with van der Waals surface area (Å²) in [6.45, 7) is 5.90. The molecule has 0 aromatic carbocycles. The van der Waals surface area contributed by atoms with Crippen molar-refractivity contribution in [3.8, 4) is 0 Å². The number of aromatic nitrogens is 1. The van der Waals surface area contributed by atoms with Crippen LogP contribution in [0.4, 0.5) is 10.8 Å². The van der Waals surface area contributed by atoms with Gasteiger partial charge in [0.15, 0.2) is 0 Å². The summed E-state index contributed by atoms with van der Waals surface area (Å²) in [5, 5.41) is 13.5. The molecule has 0 radical (unpaired) electrons. The summed E-state index contributed by atoms with van der Waals surface area (Å²) in [5.74, 6) is 0.559. The van der Waals surface area contributed by atoms with E-state index in [1.807, 2.05) is 6.92 Å². The third kappa shape index (κ3) is 2.86. The smallest absolute Gasteiger partial charge is 0.142 e. The molecule has 13 heavy (non-hydrogen) atoms. The van der Waals surface area contributed by atoms with E-state index in [0.717, 1.165) is 10.6 Å². The molecule has 0 aliphatic carbocycles. The predicted octanol–water partition coefficient (Wildman–Crippen LogP) is 1.22. The van der Waals surface area contributed by atoms with Crippen molar-refractivity contribution < 1.29 is 5.11 Å². The van der Waals surface area contributed by atoms with Gasteiger partial charge in [0.1, 0.15) is 10.8 Å². The summed E-state index contributed by atoms with van der Waals surface area (Å²) in [6, 6.07) is 0. The highest BCUT2D eigenvalue weighted by molar-refractivity contribution is 7.10. The van der Waals surface area contributed by atoms with E-state index >= 15 is 0 Å². The van der Waals surface area contributed by atoms with Crippen molar-refractivity contribution in [3.63, 3.8) is 0 Å². The third-order valence-electron chi connectivity index (χ3n) is 1.64. The first-order chi connectivity index (χ1) is 5.90. The number of rotatable bonds is 3. The number of nitrogens with zero attached hydrogens (tertiary/aromatic N) is 1. The maximum atomic E-state index is 9.47. The summed E-state index contributed by atoms with van der Waals surface area (Å²) in [5.41, 5.74) is 5.81. The Balaban J connectivity index is 2.60. The highest BCUT2D eigenvalue weighted by atomic mass is 32.1. The number of hydrogen-bond donors (Lipinski definition) is 3. The summed E-state index contributed by atoms with van der Waals surface area (Å²) >= 11 is 1.32. The van der Waals surface area contributed by atoms with Crippen molar-refractivity contribution in [2.24, 2.45) is 0 Å². The van der Waals surface area contributed by atoms with Crippen LogP contribution in [0.2, 0.25) is 0 Å². The van der Waals surface area contributed by atoms with Crippen LogP contribution in [0.25, 0.3) is 0 Å². The van der Waals surface area contributed by atoms with Crippen molar-refractivity contribution in [1.29, 1.82) is 0 Å². The van der Waals surface area contributed by atoms with E-state index < -0.39 is 5.60 Å². The lowest BCUT2D eigenvalue weighted by Gasteiger charge is -2.17. The maximum absolute atomic E-state index is 9.47. The Morgan fingerprint density at radius 2 is 2.23 bits per heavy atom. The molecule has 0 fully saturated rings. The van der Waals surface area contributed by atoms with Crippen molar-refractivity contribution in [1.82, 2.24) is 4.37 Å². The zero-order valence-electron chi connectivity index (χ0n) is 8.09.